The van der Waals surface area contributed by atoms with Crippen LogP contribution in [0.4, 0.5) is 5.69 Å². The highest BCUT2D eigenvalue weighted by Crippen LogP contribution is 2.19. The Balaban J connectivity index is 1.99. The van der Waals surface area contributed by atoms with E-state index in [0.29, 0.717) is 6.54 Å². The maximum Gasteiger partial charge on any atom is 0.0964 e. The smallest absolute Gasteiger partial charge is 0.0964 e. The van der Waals surface area contributed by atoms with E-state index in [9.17, 15) is 5.11 Å². The molecule has 0 aliphatic carbocycles. The number of hydrogen-bond donors (Lipinski definition) is 1. The summed E-state index contributed by atoms with van der Waals surface area (Å²) in [6, 6.07) is 16.7. The molecular formula is C19H25NO. The van der Waals surface area contributed by atoms with Gasteiger partial charge >= 0.3 is 0 Å². The topological polar surface area (TPSA) is 23.5 Å². The number of aryl methyl sites for hydroxylation is 2. The summed E-state index contributed by atoms with van der Waals surface area (Å²) in [5, 5.41) is 10.4. The molecule has 2 heteroatoms. The molecule has 0 spiro atoms. The molecule has 2 aromatic carbocycles. The Hall–Kier alpha value is -1.80. The van der Waals surface area contributed by atoms with E-state index >= 15 is 0 Å². The van der Waals surface area contributed by atoms with Crippen molar-refractivity contribution in [2.24, 2.45) is 0 Å². The number of aliphatic hydroxyl groups excluding tert-OH is 1. The number of likely N-dealkylation sites (N-methyl/N-ethyl adjacent to an activating group) is 1. The van der Waals surface area contributed by atoms with Crippen molar-refractivity contribution in [2.45, 2.75) is 32.8 Å². The van der Waals surface area contributed by atoms with Gasteiger partial charge in [0.2, 0.25) is 0 Å². The first-order valence-electron chi connectivity index (χ1n) is 7.65. The predicted octanol–water partition coefficient (Wildman–Crippen LogP) is 4.12. The molecule has 2 aromatic rings. The molecule has 1 N–H and O–H groups in total. The Morgan fingerprint density at radius 2 is 1.62 bits per heavy atom. The Bertz CT molecular complexity index is 545. The van der Waals surface area contributed by atoms with Gasteiger partial charge in [-0.3, -0.25) is 0 Å². The minimum atomic E-state index is -0.466. The predicted molar refractivity (Wildman–Crippen MR) is 89.8 cm³/mol. The summed E-state index contributed by atoms with van der Waals surface area (Å²) >= 11 is 0. The van der Waals surface area contributed by atoms with Gasteiger partial charge in [-0.2, -0.15) is 0 Å². The average molecular weight is 283 g/mol. The number of anilines is 1. The standard InChI is InChI=1S/C19H25NO/c1-4-5-16-8-10-17(11-9-16)19(21)14-20(3)18-12-6-15(2)7-13-18/h6-13,19,21H,4-5,14H2,1-3H3. The van der Waals surface area contributed by atoms with E-state index in [0.717, 1.165) is 24.1 Å². The number of aliphatic hydroxyl groups is 1. The average Bonchev–Trinajstić information content (AvgIpc) is 2.49. The fourth-order valence-corrected chi connectivity index (χ4v) is 2.46. The van der Waals surface area contributed by atoms with Gasteiger partial charge in [-0.05, 0) is 36.6 Å². The van der Waals surface area contributed by atoms with E-state index in [1.807, 2.05) is 19.2 Å². The molecule has 2 nitrogen and oxygen atoms in total. The minimum absolute atomic E-state index is 0.466. The molecule has 0 aromatic heterocycles. The Labute approximate surface area is 128 Å². The molecule has 21 heavy (non-hydrogen) atoms. The van der Waals surface area contributed by atoms with Crippen LogP contribution in [0.25, 0.3) is 0 Å². The molecule has 0 saturated carbocycles. The fourth-order valence-electron chi connectivity index (χ4n) is 2.46. The molecule has 0 aliphatic heterocycles. The van der Waals surface area contributed by atoms with Crippen LogP contribution in [0.2, 0.25) is 0 Å². The van der Waals surface area contributed by atoms with E-state index in [-0.39, 0.29) is 0 Å². The van der Waals surface area contributed by atoms with Crippen LogP contribution in [-0.4, -0.2) is 18.7 Å². The highest BCUT2D eigenvalue weighted by atomic mass is 16.3. The molecule has 0 bridgehead atoms. The normalized spacial score (nSPS) is 12.2. The second kappa shape index (κ2) is 7.28. The lowest BCUT2D eigenvalue weighted by molar-refractivity contribution is 0.185. The lowest BCUT2D eigenvalue weighted by Crippen LogP contribution is -2.24. The van der Waals surface area contributed by atoms with Crippen LogP contribution in [0, 0.1) is 6.92 Å². The third kappa shape index (κ3) is 4.33. The quantitative estimate of drug-likeness (QED) is 0.862. The number of rotatable bonds is 6. The first kappa shape index (κ1) is 15.6. The van der Waals surface area contributed by atoms with Gasteiger partial charge < -0.3 is 10.0 Å². The van der Waals surface area contributed by atoms with Gasteiger partial charge in [-0.15, -0.1) is 0 Å². The zero-order valence-electron chi connectivity index (χ0n) is 13.2. The third-order valence-electron chi connectivity index (χ3n) is 3.82. The summed E-state index contributed by atoms with van der Waals surface area (Å²) in [7, 11) is 2.01. The van der Waals surface area contributed by atoms with Crippen LogP contribution < -0.4 is 4.90 Å². The summed E-state index contributed by atoms with van der Waals surface area (Å²) < 4.78 is 0. The van der Waals surface area contributed by atoms with Crippen molar-refractivity contribution in [3.05, 3.63) is 65.2 Å². The SMILES string of the molecule is CCCc1ccc(C(O)CN(C)c2ccc(C)cc2)cc1. The van der Waals surface area contributed by atoms with Gasteiger partial charge in [0.25, 0.3) is 0 Å². The van der Waals surface area contributed by atoms with Gasteiger partial charge in [0.1, 0.15) is 0 Å². The van der Waals surface area contributed by atoms with Crippen LogP contribution >= 0.6 is 0 Å². The minimum Gasteiger partial charge on any atom is -0.387 e. The van der Waals surface area contributed by atoms with Crippen molar-refractivity contribution in [2.75, 3.05) is 18.5 Å². The summed E-state index contributed by atoms with van der Waals surface area (Å²) in [5.74, 6) is 0. The number of benzene rings is 2. The van der Waals surface area contributed by atoms with Crippen molar-refractivity contribution in [3.63, 3.8) is 0 Å². The second-order valence-electron chi connectivity index (χ2n) is 5.72. The van der Waals surface area contributed by atoms with E-state index in [1.165, 1.54) is 11.1 Å². The van der Waals surface area contributed by atoms with Crippen LogP contribution in [0.3, 0.4) is 0 Å². The third-order valence-corrected chi connectivity index (χ3v) is 3.82. The van der Waals surface area contributed by atoms with Crippen molar-refractivity contribution in [1.29, 1.82) is 0 Å². The van der Waals surface area contributed by atoms with Gasteiger partial charge in [0, 0.05) is 19.3 Å². The Morgan fingerprint density at radius 3 is 2.19 bits per heavy atom. The van der Waals surface area contributed by atoms with Crippen LogP contribution in [0.1, 0.15) is 36.1 Å². The van der Waals surface area contributed by atoms with E-state index in [4.69, 9.17) is 0 Å². The van der Waals surface area contributed by atoms with Crippen LogP contribution in [0.5, 0.6) is 0 Å². The highest BCUT2D eigenvalue weighted by molar-refractivity contribution is 5.47. The molecule has 0 radical (unpaired) electrons. The molecule has 0 saturated heterocycles. The zero-order valence-corrected chi connectivity index (χ0v) is 13.2. The molecule has 112 valence electrons. The Morgan fingerprint density at radius 1 is 1.00 bits per heavy atom. The van der Waals surface area contributed by atoms with Crippen molar-refractivity contribution < 1.29 is 5.11 Å². The maximum absolute atomic E-state index is 10.4. The first-order valence-corrected chi connectivity index (χ1v) is 7.65. The van der Waals surface area contributed by atoms with Crippen molar-refractivity contribution in [3.8, 4) is 0 Å². The zero-order chi connectivity index (χ0) is 15.2. The maximum atomic E-state index is 10.4. The fraction of sp³-hybridized carbons (Fsp3) is 0.368. The largest absolute Gasteiger partial charge is 0.387 e. The monoisotopic (exact) mass is 283 g/mol. The molecule has 2 rings (SSSR count). The van der Waals surface area contributed by atoms with Gasteiger partial charge in [-0.1, -0.05) is 55.3 Å². The van der Waals surface area contributed by atoms with Crippen LogP contribution in [0.15, 0.2) is 48.5 Å². The first-order chi connectivity index (χ1) is 10.1. The van der Waals surface area contributed by atoms with E-state index in [2.05, 4.69) is 55.1 Å². The van der Waals surface area contributed by atoms with Crippen molar-refractivity contribution in [1.82, 2.24) is 0 Å². The molecule has 1 unspecified atom stereocenters. The molecule has 0 aliphatic rings. The summed E-state index contributed by atoms with van der Waals surface area (Å²) in [6.45, 7) is 4.85. The molecule has 1 atom stereocenters. The highest BCUT2D eigenvalue weighted by Gasteiger charge is 2.11. The van der Waals surface area contributed by atoms with E-state index in [1.54, 1.807) is 0 Å². The lowest BCUT2D eigenvalue weighted by atomic mass is 10.0. The number of hydrogen-bond acceptors (Lipinski definition) is 2. The van der Waals surface area contributed by atoms with E-state index < -0.39 is 6.10 Å². The van der Waals surface area contributed by atoms with Gasteiger partial charge in [0.15, 0.2) is 0 Å². The molecule has 0 heterocycles. The molecular weight excluding hydrogens is 258 g/mol. The summed E-state index contributed by atoms with van der Waals surface area (Å²) in [5.41, 5.74) is 4.69. The second-order valence-corrected chi connectivity index (χ2v) is 5.72. The Kier molecular flexibility index (Phi) is 5.40. The summed E-state index contributed by atoms with van der Waals surface area (Å²) in [4.78, 5) is 2.09. The van der Waals surface area contributed by atoms with Crippen molar-refractivity contribution >= 4 is 5.69 Å². The van der Waals surface area contributed by atoms with Gasteiger partial charge in [-0.25, -0.2) is 0 Å². The van der Waals surface area contributed by atoms with Crippen LogP contribution in [-0.2, 0) is 6.42 Å². The number of nitrogens with zero attached hydrogens (tertiary/aromatic N) is 1. The summed E-state index contributed by atoms with van der Waals surface area (Å²) in [6.07, 6.45) is 1.78. The van der Waals surface area contributed by atoms with Gasteiger partial charge in [0.05, 0.1) is 6.10 Å². The lowest BCUT2D eigenvalue weighted by Gasteiger charge is -2.23. The molecule has 0 fully saturated rings. The molecule has 0 amide bonds.